The number of benzene rings is 2. The lowest BCUT2D eigenvalue weighted by molar-refractivity contribution is -0.114. The summed E-state index contributed by atoms with van der Waals surface area (Å²) in [5, 5.41) is 9.79. The molecule has 0 atom stereocenters. The average molecular weight is 390 g/mol. The molecule has 3 rings (SSSR count). The monoisotopic (exact) mass is 389 g/mol. The lowest BCUT2D eigenvalue weighted by Crippen LogP contribution is -2.15. The molecule has 26 heavy (non-hydrogen) atoms. The standard InChI is InChI=1S/C19H17Cl2N3O2/c1-11(25)23-14-2-4-15(5-3-14)24-18(26)8-12-6-7-22-17-10-13(20)9-16(21)19(12)17/h2-5,8-10,22H,6-7H2,1H3,(H,23,25)(H,24,26)/b12-8+. The molecule has 5 nitrogen and oxygen atoms in total. The molecule has 1 aliphatic rings. The van der Waals surface area contributed by atoms with Crippen LogP contribution in [0.1, 0.15) is 18.9 Å². The molecule has 7 heteroatoms. The van der Waals surface area contributed by atoms with Crippen LogP contribution in [0.3, 0.4) is 0 Å². The fraction of sp³-hybridized carbons (Fsp3) is 0.158. The SMILES string of the molecule is CC(=O)Nc1ccc(NC(=O)/C=C2\CCNc3cc(Cl)cc(Cl)c32)cc1. The predicted molar refractivity (Wildman–Crippen MR) is 107 cm³/mol. The Labute approximate surface area is 161 Å². The van der Waals surface area contributed by atoms with Gasteiger partial charge < -0.3 is 16.0 Å². The number of hydrogen-bond donors (Lipinski definition) is 3. The molecule has 2 aromatic rings. The van der Waals surface area contributed by atoms with E-state index < -0.39 is 0 Å². The summed E-state index contributed by atoms with van der Waals surface area (Å²) < 4.78 is 0. The van der Waals surface area contributed by atoms with Gasteiger partial charge >= 0.3 is 0 Å². The van der Waals surface area contributed by atoms with Crippen LogP contribution in [0.15, 0.2) is 42.5 Å². The first-order chi connectivity index (χ1) is 12.4. The molecular formula is C19H17Cl2N3O2. The number of rotatable bonds is 3. The molecule has 1 heterocycles. The van der Waals surface area contributed by atoms with Crippen LogP contribution in [-0.2, 0) is 9.59 Å². The number of anilines is 3. The number of halogens is 2. The largest absolute Gasteiger partial charge is 0.384 e. The van der Waals surface area contributed by atoms with Crippen molar-refractivity contribution in [1.82, 2.24) is 0 Å². The Bertz CT molecular complexity index is 892. The van der Waals surface area contributed by atoms with Gasteiger partial charge in [-0.2, -0.15) is 0 Å². The second-order valence-electron chi connectivity index (χ2n) is 5.90. The minimum atomic E-state index is -0.244. The third-order valence-electron chi connectivity index (χ3n) is 3.86. The third-order valence-corrected chi connectivity index (χ3v) is 4.38. The van der Waals surface area contributed by atoms with Crippen LogP contribution < -0.4 is 16.0 Å². The lowest BCUT2D eigenvalue weighted by Gasteiger charge is -2.22. The maximum absolute atomic E-state index is 12.4. The minimum Gasteiger partial charge on any atom is -0.384 e. The van der Waals surface area contributed by atoms with Crippen LogP contribution in [0, 0.1) is 0 Å². The Kier molecular flexibility index (Phi) is 5.49. The van der Waals surface area contributed by atoms with Gasteiger partial charge in [-0.05, 0) is 48.4 Å². The fourth-order valence-corrected chi connectivity index (χ4v) is 3.43. The number of carbonyl (C=O) groups is 2. The van der Waals surface area contributed by atoms with E-state index in [1.54, 1.807) is 42.5 Å². The number of hydrogen-bond acceptors (Lipinski definition) is 3. The van der Waals surface area contributed by atoms with Gasteiger partial charge in [-0.3, -0.25) is 9.59 Å². The van der Waals surface area contributed by atoms with E-state index in [1.807, 2.05) is 0 Å². The highest BCUT2D eigenvalue weighted by atomic mass is 35.5. The van der Waals surface area contributed by atoms with Crippen molar-refractivity contribution in [3.05, 3.63) is 58.1 Å². The van der Waals surface area contributed by atoms with E-state index >= 15 is 0 Å². The molecule has 0 spiro atoms. The Balaban J connectivity index is 1.77. The highest BCUT2D eigenvalue weighted by Gasteiger charge is 2.19. The predicted octanol–water partition coefficient (Wildman–Crippen LogP) is 4.79. The first-order valence-electron chi connectivity index (χ1n) is 8.05. The van der Waals surface area contributed by atoms with Gasteiger partial charge in [0.1, 0.15) is 0 Å². The van der Waals surface area contributed by atoms with Crippen LogP contribution >= 0.6 is 23.2 Å². The molecule has 0 unspecified atom stereocenters. The summed E-state index contributed by atoms with van der Waals surface area (Å²) in [5.74, 6) is -0.390. The van der Waals surface area contributed by atoms with Crippen LogP contribution in [0.4, 0.5) is 17.1 Å². The van der Waals surface area contributed by atoms with Crippen LogP contribution in [0.25, 0.3) is 5.57 Å². The van der Waals surface area contributed by atoms with Gasteiger partial charge in [0.15, 0.2) is 0 Å². The first kappa shape index (κ1) is 18.3. The van der Waals surface area contributed by atoms with Gasteiger partial charge in [0, 0.05) is 47.2 Å². The Hall–Kier alpha value is -2.50. The molecule has 2 aromatic carbocycles. The van der Waals surface area contributed by atoms with Crippen molar-refractivity contribution >= 4 is 57.7 Å². The normalized spacial score (nSPS) is 14.3. The van der Waals surface area contributed by atoms with Crippen molar-refractivity contribution in [2.24, 2.45) is 0 Å². The van der Waals surface area contributed by atoms with E-state index in [0.717, 1.165) is 16.8 Å². The van der Waals surface area contributed by atoms with Crippen molar-refractivity contribution in [3.8, 4) is 0 Å². The smallest absolute Gasteiger partial charge is 0.248 e. The summed E-state index contributed by atoms with van der Waals surface area (Å²) in [7, 11) is 0. The van der Waals surface area contributed by atoms with Crippen LogP contribution in [0.2, 0.25) is 10.0 Å². The molecule has 0 aromatic heterocycles. The zero-order valence-electron chi connectivity index (χ0n) is 14.0. The molecular weight excluding hydrogens is 373 g/mol. The van der Waals surface area contributed by atoms with Crippen molar-refractivity contribution in [2.45, 2.75) is 13.3 Å². The van der Waals surface area contributed by atoms with Gasteiger partial charge in [-0.1, -0.05) is 23.2 Å². The van der Waals surface area contributed by atoms with Gasteiger partial charge in [-0.15, -0.1) is 0 Å². The molecule has 0 bridgehead atoms. The van der Waals surface area contributed by atoms with E-state index in [1.165, 1.54) is 6.92 Å². The summed E-state index contributed by atoms with van der Waals surface area (Å²) in [4.78, 5) is 23.4. The fourth-order valence-electron chi connectivity index (χ4n) is 2.82. The summed E-state index contributed by atoms with van der Waals surface area (Å²) in [6, 6.07) is 10.4. The summed E-state index contributed by atoms with van der Waals surface area (Å²) in [6.07, 6.45) is 2.24. The van der Waals surface area contributed by atoms with E-state index in [4.69, 9.17) is 23.2 Å². The minimum absolute atomic E-state index is 0.145. The van der Waals surface area contributed by atoms with Gasteiger partial charge in [0.05, 0.1) is 5.02 Å². The van der Waals surface area contributed by atoms with Gasteiger partial charge in [0.2, 0.25) is 11.8 Å². The van der Waals surface area contributed by atoms with E-state index in [2.05, 4.69) is 16.0 Å². The van der Waals surface area contributed by atoms with Gasteiger partial charge in [-0.25, -0.2) is 0 Å². The number of fused-ring (bicyclic) bond motifs is 1. The zero-order valence-corrected chi connectivity index (χ0v) is 15.5. The van der Waals surface area contributed by atoms with Crippen molar-refractivity contribution < 1.29 is 9.59 Å². The zero-order chi connectivity index (χ0) is 18.7. The maximum atomic E-state index is 12.4. The average Bonchev–Trinajstić information content (AvgIpc) is 2.55. The van der Waals surface area contributed by atoms with Crippen LogP contribution in [0.5, 0.6) is 0 Å². The molecule has 0 aliphatic carbocycles. The van der Waals surface area contributed by atoms with E-state index in [0.29, 0.717) is 34.4 Å². The molecule has 2 amide bonds. The van der Waals surface area contributed by atoms with Crippen molar-refractivity contribution in [2.75, 3.05) is 22.5 Å². The molecule has 0 saturated carbocycles. The topological polar surface area (TPSA) is 70.2 Å². The number of carbonyl (C=O) groups excluding carboxylic acids is 2. The summed E-state index contributed by atoms with van der Waals surface area (Å²) >= 11 is 12.4. The molecule has 0 saturated heterocycles. The number of nitrogens with one attached hydrogen (secondary N) is 3. The highest BCUT2D eigenvalue weighted by molar-refractivity contribution is 6.36. The lowest BCUT2D eigenvalue weighted by atomic mass is 9.96. The molecule has 0 fully saturated rings. The Morgan fingerprint density at radius 1 is 1.08 bits per heavy atom. The van der Waals surface area contributed by atoms with Gasteiger partial charge in [0.25, 0.3) is 0 Å². The van der Waals surface area contributed by atoms with Crippen molar-refractivity contribution in [3.63, 3.8) is 0 Å². The number of amides is 2. The molecule has 1 aliphatic heterocycles. The van der Waals surface area contributed by atoms with Crippen molar-refractivity contribution in [1.29, 1.82) is 0 Å². The second kappa shape index (κ2) is 7.81. The molecule has 0 radical (unpaired) electrons. The third kappa shape index (κ3) is 4.36. The molecule has 3 N–H and O–H groups in total. The summed E-state index contributed by atoms with van der Waals surface area (Å²) in [6.45, 7) is 2.14. The van der Waals surface area contributed by atoms with E-state index in [-0.39, 0.29) is 11.8 Å². The van der Waals surface area contributed by atoms with E-state index in [9.17, 15) is 9.59 Å². The Morgan fingerprint density at radius 3 is 2.38 bits per heavy atom. The maximum Gasteiger partial charge on any atom is 0.248 e. The second-order valence-corrected chi connectivity index (χ2v) is 6.75. The quantitative estimate of drug-likeness (QED) is 0.660. The Morgan fingerprint density at radius 2 is 1.73 bits per heavy atom. The highest BCUT2D eigenvalue weighted by Crippen LogP contribution is 2.38. The van der Waals surface area contributed by atoms with Crippen LogP contribution in [-0.4, -0.2) is 18.4 Å². The molecule has 134 valence electrons. The first-order valence-corrected chi connectivity index (χ1v) is 8.80. The summed E-state index contributed by atoms with van der Waals surface area (Å²) in [5.41, 5.74) is 3.79.